The van der Waals surface area contributed by atoms with Crippen LogP contribution in [0.3, 0.4) is 0 Å². The maximum absolute atomic E-state index is 12.4. The molecule has 0 aromatic heterocycles. The first kappa shape index (κ1) is 17.4. The SMILES string of the molecule is NC(N)=NCCCC(C(=O)O)S(=O)(=O)c1ccccc1Br. The number of nitrogens with two attached hydrogens (primary N) is 2. The summed E-state index contributed by atoms with van der Waals surface area (Å²) in [5, 5.41) is 7.65. The molecule has 5 N–H and O–H groups in total. The molecule has 9 heteroatoms. The molecule has 0 bridgehead atoms. The van der Waals surface area contributed by atoms with Crippen molar-refractivity contribution in [3.63, 3.8) is 0 Å². The average molecular weight is 378 g/mol. The van der Waals surface area contributed by atoms with Gasteiger partial charge in [-0.25, -0.2) is 8.42 Å². The maximum Gasteiger partial charge on any atom is 0.322 e. The van der Waals surface area contributed by atoms with Crippen molar-refractivity contribution in [1.82, 2.24) is 0 Å². The third kappa shape index (κ3) is 4.71. The Bertz CT molecular complexity index is 642. The molecule has 116 valence electrons. The fourth-order valence-corrected chi connectivity index (χ4v) is 4.34. The topological polar surface area (TPSA) is 136 Å². The van der Waals surface area contributed by atoms with Crippen molar-refractivity contribution in [1.29, 1.82) is 0 Å². The summed E-state index contributed by atoms with van der Waals surface area (Å²) in [6, 6.07) is 6.10. The molecule has 1 unspecified atom stereocenters. The van der Waals surface area contributed by atoms with Gasteiger partial charge in [-0.3, -0.25) is 9.79 Å². The minimum absolute atomic E-state index is 0.0424. The lowest BCUT2D eigenvalue weighted by Crippen LogP contribution is -2.31. The van der Waals surface area contributed by atoms with Gasteiger partial charge < -0.3 is 16.6 Å². The Kier molecular flexibility index (Phi) is 6.16. The van der Waals surface area contributed by atoms with E-state index in [-0.39, 0.29) is 30.2 Å². The van der Waals surface area contributed by atoms with E-state index in [9.17, 15) is 18.3 Å². The zero-order valence-electron chi connectivity index (χ0n) is 11.1. The molecule has 0 aliphatic carbocycles. The Morgan fingerprint density at radius 2 is 1.95 bits per heavy atom. The van der Waals surface area contributed by atoms with E-state index < -0.39 is 21.1 Å². The highest BCUT2D eigenvalue weighted by atomic mass is 79.9. The van der Waals surface area contributed by atoms with Crippen molar-refractivity contribution in [2.45, 2.75) is 23.0 Å². The highest BCUT2D eigenvalue weighted by Crippen LogP contribution is 2.27. The van der Waals surface area contributed by atoms with E-state index in [0.717, 1.165) is 0 Å². The van der Waals surface area contributed by atoms with E-state index in [1.165, 1.54) is 12.1 Å². The number of aliphatic carboxylic acids is 1. The van der Waals surface area contributed by atoms with E-state index in [2.05, 4.69) is 20.9 Å². The second kappa shape index (κ2) is 7.41. The van der Waals surface area contributed by atoms with Gasteiger partial charge in [-0.15, -0.1) is 0 Å². The lowest BCUT2D eigenvalue weighted by Gasteiger charge is -2.14. The van der Waals surface area contributed by atoms with E-state index in [0.29, 0.717) is 4.47 Å². The Morgan fingerprint density at radius 1 is 1.33 bits per heavy atom. The number of carboxylic acid groups (broad SMARTS) is 1. The minimum Gasteiger partial charge on any atom is -0.480 e. The van der Waals surface area contributed by atoms with Crippen molar-refractivity contribution < 1.29 is 18.3 Å². The second-order valence-electron chi connectivity index (χ2n) is 4.25. The second-order valence-corrected chi connectivity index (χ2v) is 7.20. The van der Waals surface area contributed by atoms with E-state index in [1.807, 2.05) is 0 Å². The quantitative estimate of drug-likeness (QED) is 0.364. The summed E-state index contributed by atoms with van der Waals surface area (Å²) < 4.78 is 25.2. The van der Waals surface area contributed by atoms with Gasteiger partial charge >= 0.3 is 5.97 Å². The summed E-state index contributed by atoms with van der Waals surface area (Å²) in [6.45, 7) is 0.178. The molecule has 0 radical (unpaired) electrons. The number of halogens is 1. The monoisotopic (exact) mass is 377 g/mol. The fourth-order valence-electron chi connectivity index (χ4n) is 1.72. The Balaban J connectivity index is 2.97. The van der Waals surface area contributed by atoms with Gasteiger partial charge in [-0.05, 0) is 40.9 Å². The van der Waals surface area contributed by atoms with Crippen molar-refractivity contribution in [3.8, 4) is 0 Å². The molecule has 0 spiro atoms. The molecular formula is C12H16BrN3O4S. The van der Waals surface area contributed by atoms with Crippen LogP contribution in [0.4, 0.5) is 0 Å². The first-order valence-corrected chi connectivity index (χ1v) is 8.37. The highest BCUT2D eigenvalue weighted by Gasteiger charge is 2.34. The van der Waals surface area contributed by atoms with Crippen molar-refractivity contribution >= 4 is 37.7 Å². The zero-order valence-corrected chi connectivity index (χ0v) is 13.5. The van der Waals surface area contributed by atoms with Crippen LogP contribution >= 0.6 is 15.9 Å². The lowest BCUT2D eigenvalue weighted by atomic mass is 10.2. The predicted molar refractivity (Wildman–Crippen MR) is 82.7 cm³/mol. The minimum atomic E-state index is -3.99. The van der Waals surface area contributed by atoms with Crippen LogP contribution < -0.4 is 11.5 Å². The number of carbonyl (C=O) groups is 1. The molecule has 0 heterocycles. The van der Waals surface area contributed by atoms with Gasteiger partial charge in [0, 0.05) is 11.0 Å². The van der Waals surface area contributed by atoms with Gasteiger partial charge in [0.25, 0.3) is 0 Å². The normalized spacial score (nSPS) is 12.6. The van der Waals surface area contributed by atoms with Gasteiger partial charge in [-0.2, -0.15) is 0 Å². The molecule has 1 aromatic rings. The number of benzene rings is 1. The molecule has 0 saturated heterocycles. The van der Waals surface area contributed by atoms with Crippen molar-refractivity contribution in [3.05, 3.63) is 28.7 Å². The third-order valence-electron chi connectivity index (χ3n) is 2.71. The number of guanidine groups is 1. The summed E-state index contributed by atoms with van der Waals surface area (Å²) in [4.78, 5) is 14.9. The predicted octanol–water partition coefficient (Wildman–Crippen LogP) is 0.730. The van der Waals surface area contributed by atoms with E-state index in [1.54, 1.807) is 12.1 Å². The number of nitrogens with zero attached hydrogens (tertiary/aromatic N) is 1. The van der Waals surface area contributed by atoms with Gasteiger partial charge in [0.2, 0.25) is 0 Å². The number of sulfone groups is 1. The molecular weight excluding hydrogens is 362 g/mol. The number of hydrogen-bond acceptors (Lipinski definition) is 4. The number of rotatable bonds is 7. The highest BCUT2D eigenvalue weighted by molar-refractivity contribution is 9.10. The van der Waals surface area contributed by atoms with Crippen molar-refractivity contribution in [2.24, 2.45) is 16.5 Å². The van der Waals surface area contributed by atoms with Crippen molar-refractivity contribution in [2.75, 3.05) is 6.54 Å². The molecule has 0 fully saturated rings. The summed E-state index contributed by atoms with van der Waals surface area (Å²) in [6.07, 6.45) is 0.175. The average Bonchev–Trinajstić information content (AvgIpc) is 2.37. The summed E-state index contributed by atoms with van der Waals surface area (Å²) in [5.41, 5.74) is 10.3. The molecule has 1 rings (SSSR count). The van der Waals surface area contributed by atoms with E-state index in [4.69, 9.17) is 11.5 Å². The Hall–Kier alpha value is -1.61. The summed E-state index contributed by atoms with van der Waals surface area (Å²) in [5.74, 6) is -1.51. The first-order chi connectivity index (χ1) is 9.76. The Labute approximate surface area is 131 Å². The van der Waals surface area contributed by atoms with Crippen LogP contribution in [-0.4, -0.2) is 37.2 Å². The molecule has 0 saturated carbocycles. The number of aliphatic imine (C=N–C) groups is 1. The number of carboxylic acids is 1. The van der Waals surface area contributed by atoms with Crippen LogP contribution in [0.2, 0.25) is 0 Å². The summed E-state index contributed by atoms with van der Waals surface area (Å²) in [7, 11) is -3.99. The molecule has 0 amide bonds. The van der Waals surface area contributed by atoms with Crippen LogP contribution in [0.15, 0.2) is 38.6 Å². The Morgan fingerprint density at radius 3 is 2.48 bits per heavy atom. The molecule has 7 nitrogen and oxygen atoms in total. The zero-order chi connectivity index (χ0) is 16.0. The van der Waals surface area contributed by atoms with Gasteiger partial charge in [-0.1, -0.05) is 12.1 Å². The summed E-state index contributed by atoms with van der Waals surface area (Å²) >= 11 is 3.12. The van der Waals surface area contributed by atoms with Gasteiger partial charge in [0.05, 0.1) is 4.90 Å². The van der Waals surface area contributed by atoms with Gasteiger partial charge in [0.1, 0.15) is 0 Å². The van der Waals surface area contributed by atoms with Crippen LogP contribution in [0.1, 0.15) is 12.8 Å². The molecule has 1 atom stereocenters. The molecule has 0 aliphatic heterocycles. The molecule has 21 heavy (non-hydrogen) atoms. The number of hydrogen-bond donors (Lipinski definition) is 3. The largest absolute Gasteiger partial charge is 0.480 e. The first-order valence-electron chi connectivity index (χ1n) is 6.03. The third-order valence-corrected chi connectivity index (χ3v) is 5.82. The van der Waals surface area contributed by atoms with Crippen LogP contribution in [0, 0.1) is 0 Å². The molecule has 0 aliphatic rings. The maximum atomic E-state index is 12.4. The smallest absolute Gasteiger partial charge is 0.322 e. The van der Waals surface area contributed by atoms with Gasteiger partial charge in [0.15, 0.2) is 21.0 Å². The lowest BCUT2D eigenvalue weighted by molar-refractivity contribution is -0.136. The van der Waals surface area contributed by atoms with Crippen LogP contribution in [-0.2, 0) is 14.6 Å². The van der Waals surface area contributed by atoms with Crippen LogP contribution in [0.25, 0.3) is 0 Å². The van der Waals surface area contributed by atoms with E-state index >= 15 is 0 Å². The van der Waals surface area contributed by atoms with Crippen LogP contribution in [0.5, 0.6) is 0 Å². The standard InChI is InChI=1S/C12H16BrN3O4S/c13-8-4-1-2-5-9(8)21(19,20)10(11(17)18)6-3-7-16-12(14)15/h1-2,4-5,10H,3,6-7H2,(H,17,18)(H4,14,15,16). The fraction of sp³-hybridized carbons (Fsp3) is 0.333. The molecule has 1 aromatic carbocycles.